The second-order valence-corrected chi connectivity index (χ2v) is 11.9. The van der Waals surface area contributed by atoms with E-state index in [0.29, 0.717) is 6.07 Å². The van der Waals surface area contributed by atoms with Crippen molar-refractivity contribution in [3.05, 3.63) is 88.5 Å². The number of ether oxygens (including phenoxy) is 1. The average molecular weight is 515 g/mol. The van der Waals surface area contributed by atoms with Gasteiger partial charge in [-0.2, -0.15) is 0 Å². The average Bonchev–Trinajstić information content (AvgIpc) is 2.83. The smallest absolute Gasteiger partial charge is 0.262 e. The zero-order valence-electron chi connectivity index (χ0n) is 21.1. The van der Waals surface area contributed by atoms with Gasteiger partial charge >= 0.3 is 0 Å². The van der Waals surface area contributed by atoms with Crippen LogP contribution in [0.1, 0.15) is 43.0 Å². The van der Waals surface area contributed by atoms with Crippen LogP contribution in [0.25, 0.3) is 0 Å². The molecule has 192 valence electrons. The van der Waals surface area contributed by atoms with Gasteiger partial charge in [-0.05, 0) is 52.6 Å². The third-order valence-corrected chi connectivity index (χ3v) is 7.94. The van der Waals surface area contributed by atoms with Gasteiger partial charge in [-0.15, -0.1) is 0 Å². The van der Waals surface area contributed by atoms with E-state index in [-0.39, 0.29) is 16.1 Å². The molecule has 1 heterocycles. The molecular weight excluding hydrogens is 482 g/mol. The molecule has 0 spiro atoms. The highest BCUT2D eigenvalue weighted by Crippen LogP contribution is 2.32. The first-order valence-electron chi connectivity index (χ1n) is 12.0. The SMILES string of the molecule is COc1cc(F)cc(F)c1NS(=O)(=O)c1ccc2c(c1)CCN(CCc1ccc(C(C)(C)C)cc1)C2. The number of benzene rings is 3. The highest BCUT2D eigenvalue weighted by molar-refractivity contribution is 7.92. The third-order valence-electron chi connectivity index (χ3n) is 6.59. The van der Waals surface area contributed by atoms with Gasteiger partial charge in [0.25, 0.3) is 10.0 Å². The summed E-state index contributed by atoms with van der Waals surface area (Å²) in [5, 5.41) is 0. The number of halogens is 2. The zero-order valence-corrected chi connectivity index (χ0v) is 21.9. The van der Waals surface area contributed by atoms with E-state index < -0.39 is 27.3 Å². The molecule has 3 aromatic rings. The lowest BCUT2D eigenvalue weighted by atomic mass is 9.86. The van der Waals surface area contributed by atoms with Gasteiger partial charge in [0, 0.05) is 31.8 Å². The first-order valence-corrected chi connectivity index (χ1v) is 13.4. The zero-order chi connectivity index (χ0) is 26.1. The quantitative estimate of drug-likeness (QED) is 0.441. The molecule has 0 aromatic heterocycles. The predicted octanol–water partition coefficient (Wildman–Crippen LogP) is 5.67. The highest BCUT2D eigenvalue weighted by atomic mass is 32.2. The van der Waals surface area contributed by atoms with Crippen molar-refractivity contribution in [2.24, 2.45) is 0 Å². The van der Waals surface area contributed by atoms with Crippen LogP contribution in [0.2, 0.25) is 0 Å². The molecular formula is C28H32F2N2O3S. The summed E-state index contributed by atoms with van der Waals surface area (Å²) in [4.78, 5) is 2.39. The van der Waals surface area contributed by atoms with Gasteiger partial charge in [0.1, 0.15) is 17.3 Å². The Hall–Kier alpha value is -2.97. The summed E-state index contributed by atoms with van der Waals surface area (Å²) in [5.74, 6) is -2.12. The number of sulfonamides is 1. The van der Waals surface area contributed by atoms with E-state index in [1.807, 2.05) is 6.07 Å². The lowest BCUT2D eigenvalue weighted by Gasteiger charge is -2.29. The molecule has 1 aliphatic rings. The summed E-state index contributed by atoms with van der Waals surface area (Å²) in [6.07, 6.45) is 1.66. The van der Waals surface area contributed by atoms with Crippen molar-refractivity contribution in [2.75, 3.05) is 24.9 Å². The molecule has 5 nitrogen and oxygen atoms in total. The molecule has 0 saturated heterocycles. The number of nitrogens with zero attached hydrogens (tertiary/aromatic N) is 1. The highest BCUT2D eigenvalue weighted by Gasteiger charge is 2.23. The number of rotatable bonds is 7. The van der Waals surface area contributed by atoms with Crippen LogP contribution in [0, 0.1) is 11.6 Å². The fraction of sp³-hybridized carbons (Fsp3) is 0.357. The predicted molar refractivity (Wildman–Crippen MR) is 138 cm³/mol. The van der Waals surface area contributed by atoms with Gasteiger partial charge in [0.2, 0.25) is 0 Å². The van der Waals surface area contributed by atoms with Crippen LogP contribution in [0.4, 0.5) is 14.5 Å². The Bertz CT molecular complexity index is 1350. The molecule has 0 amide bonds. The Balaban J connectivity index is 1.43. The van der Waals surface area contributed by atoms with Gasteiger partial charge in [-0.1, -0.05) is 51.1 Å². The maximum absolute atomic E-state index is 14.3. The minimum Gasteiger partial charge on any atom is -0.494 e. The lowest BCUT2D eigenvalue weighted by Crippen LogP contribution is -2.32. The minimum atomic E-state index is -4.09. The Morgan fingerprint density at radius 2 is 1.72 bits per heavy atom. The largest absolute Gasteiger partial charge is 0.494 e. The standard InChI is InChI=1S/C28H32F2N2O3S/c1-28(2,3)22-8-5-19(6-9-22)11-13-32-14-12-20-15-24(10-7-21(20)18-32)36(33,34)31-27-25(30)16-23(29)17-26(27)35-4/h5-10,15-17,31H,11-14,18H2,1-4H3. The Morgan fingerprint density at radius 1 is 1.00 bits per heavy atom. The second kappa shape index (κ2) is 10.2. The van der Waals surface area contributed by atoms with E-state index >= 15 is 0 Å². The molecule has 1 N–H and O–H groups in total. The Kier molecular flexibility index (Phi) is 7.38. The topological polar surface area (TPSA) is 58.6 Å². The van der Waals surface area contributed by atoms with Crippen LogP contribution < -0.4 is 9.46 Å². The van der Waals surface area contributed by atoms with Crippen molar-refractivity contribution in [1.82, 2.24) is 4.90 Å². The normalized spacial score (nSPS) is 14.4. The van der Waals surface area contributed by atoms with Crippen molar-refractivity contribution >= 4 is 15.7 Å². The van der Waals surface area contributed by atoms with Crippen LogP contribution >= 0.6 is 0 Å². The summed E-state index contributed by atoms with van der Waals surface area (Å²) in [6.45, 7) is 9.10. The van der Waals surface area contributed by atoms with E-state index in [9.17, 15) is 17.2 Å². The summed E-state index contributed by atoms with van der Waals surface area (Å²) in [5.41, 5.74) is 4.36. The molecule has 0 fully saturated rings. The molecule has 0 atom stereocenters. The number of methoxy groups -OCH3 is 1. The van der Waals surface area contributed by atoms with Crippen LogP contribution in [0.3, 0.4) is 0 Å². The van der Waals surface area contributed by atoms with Crippen molar-refractivity contribution < 1.29 is 21.9 Å². The van der Waals surface area contributed by atoms with Crippen LogP contribution in [0.5, 0.6) is 5.75 Å². The van der Waals surface area contributed by atoms with E-state index in [1.54, 1.807) is 6.07 Å². The Morgan fingerprint density at radius 3 is 2.39 bits per heavy atom. The molecule has 36 heavy (non-hydrogen) atoms. The van der Waals surface area contributed by atoms with Crippen LogP contribution in [-0.2, 0) is 34.8 Å². The number of fused-ring (bicyclic) bond motifs is 1. The van der Waals surface area contributed by atoms with Crippen molar-refractivity contribution in [3.8, 4) is 5.75 Å². The first-order chi connectivity index (χ1) is 17.0. The summed E-state index contributed by atoms with van der Waals surface area (Å²) < 4.78 is 60.9. The van der Waals surface area contributed by atoms with E-state index in [0.717, 1.165) is 49.7 Å². The summed E-state index contributed by atoms with van der Waals surface area (Å²) >= 11 is 0. The van der Waals surface area contributed by atoms with E-state index in [2.05, 4.69) is 54.7 Å². The van der Waals surface area contributed by atoms with E-state index in [4.69, 9.17) is 4.74 Å². The molecule has 4 rings (SSSR count). The second-order valence-electron chi connectivity index (χ2n) is 10.2. The maximum Gasteiger partial charge on any atom is 0.262 e. The fourth-order valence-electron chi connectivity index (χ4n) is 4.41. The van der Waals surface area contributed by atoms with Crippen LogP contribution in [-0.4, -0.2) is 33.5 Å². The molecule has 0 aliphatic carbocycles. The molecule has 1 aliphatic heterocycles. The molecule has 0 unspecified atom stereocenters. The van der Waals surface area contributed by atoms with E-state index in [1.165, 1.54) is 24.3 Å². The lowest BCUT2D eigenvalue weighted by molar-refractivity contribution is 0.257. The molecule has 8 heteroatoms. The monoisotopic (exact) mass is 514 g/mol. The molecule has 3 aromatic carbocycles. The van der Waals surface area contributed by atoms with Crippen LogP contribution in [0.15, 0.2) is 59.5 Å². The van der Waals surface area contributed by atoms with Gasteiger partial charge < -0.3 is 4.74 Å². The third kappa shape index (κ3) is 5.87. The molecule has 0 bridgehead atoms. The summed E-state index contributed by atoms with van der Waals surface area (Å²) in [6, 6.07) is 15.3. The van der Waals surface area contributed by atoms with Gasteiger partial charge in [0.15, 0.2) is 5.82 Å². The number of hydrogen-bond donors (Lipinski definition) is 1. The number of nitrogens with one attached hydrogen (secondary N) is 1. The summed E-state index contributed by atoms with van der Waals surface area (Å²) in [7, 11) is -2.87. The van der Waals surface area contributed by atoms with Crippen molar-refractivity contribution in [2.45, 2.75) is 50.5 Å². The Labute approximate surface area is 212 Å². The fourth-order valence-corrected chi connectivity index (χ4v) is 5.54. The van der Waals surface area contributed by atoms with Gasteiger partial charge in [-0.25, -0.2) is 17.2 Å². The van der Waals surface area contributed by atoms with Crippen molar-refractivity contribution in [3.63, 3.8) is 0 Å². The van der Waals surface area contributed by atoms with Crippen molar-refractivity contribution in [1.29, 1.82) is 0 Å². The molecule has 0 radical (unpaired) electrons. The number of hydrogen-bond acceptors (Lipinski definition) is 4. The first kappa shape index (κ1) is 26.1. The number of anilines is 1. The minimum absolute atomic E-state index is 0.0272. The van der Waals surface area contributed by atoms with Gasteiger partial charge in [0.05, 0.1) is 12.0 Å². The molecule has 0 saturated carbocycles. The maximum atomic E-state index is 14.3. The van der Waals surface area contributed by atoms with Gasteiger partial charge in [-0.3, -0.25) is 9.62 Å².